The number of hydrogen-bond acceptors (Lipinski definition) is 2. The lowest BCUT2D eigenvalue weighted by Crippen LogP contribution is -2.13. The molecule has 0 fully saturated rings. The van der Waals surface area contributed by atoms with Crippen molar-refractivity contribution < 1.29 is 4.79 Å². The third kappa shape index (κ3) is 1.98. The van der Waals surface area contributed by atoms with E-state index in [0.29, 0.717) is 11.1 Å². The molecule has 0 saturated carbocycles. The first kappa shape index (κ1) is 9.99. The number of nitrogens with zero attached hydrogens (tertiary/aromatic N) is 1. The fourth-order valence-electron chi connectivity index (χ4n) is 1.01. The summed E-state index contributed by atoms with van der Waals surface area (Å²) in [5, 5.41) is 8.65. The summed E-state index contributed by atoms with van der Waals surface area (Å²) in [4.78, 5) is 11.0. The van der Waals surface area contributed by atoms with Gasteiger partial charge in [-0.15, -0.1) is 0 Å². The van der Waals surface area contributed by atoms with Crippen molar-refractivity contribution in [3.8, 4) is 6.07 Å². The first-order chi connectivity index (χ1) is 6.06. The van der Waals surface area contributed by atoms with Crippen LogP contribution in [0.3, 0.4) is 0 Å². The minimum Gasteiger partial charge on any atom is -0.366 e. The van der Waals surface area contributed by atoms with Crippen molar-refractivity contribution in [1.29, 1.82) is 5.26 Å². The number of primary amides is 1. The number of carbonyl (C=O) groups excluding carboxylic acids is 1. The van der Waals surface area contributed by atoms with Crippen LogP contribution >= 0.6 is 22.6 Å². The number of hydrogen-bond donors (Lipinski definition) is 1. The highest BCUT2D eigenvalue weighted by Crippen LogP contribution is 2.18. The van der Waals surface area contributed by atoms with Gasteiger partial charge in [-0.2, -0.15) is 5.26 Å². The molecule has 0 aliphatic heterocycles. The lowest BCUT2D eigenvalue weighted by atomic mass is 10.1. The van der Waals surface area contributed by atoms with Crippen molar-refractivity contribution in [3.05, 3.63) is 32.4 Å². The quantitative estimate of drug-likeness (QED) is 0.796. The van der Waals surface area contributed by atoms with E-state index in [1.807, 2.05) is 35.6 Å². The maximum absolute atomic E-state index is 11.0. The largest absolute Gasteiger partial charge is 0.366 e. The van der Waals surface area contributed by atoms with Crippen molar-refractivity contribution in [2.45, 2.75) is 6.92 Å². The van der Waals surface area contributed by atoms with Crippen LogP contribution in [0.25, 0.3) is 0 Å². The zero-order valence-corrected chi connectivity index (χ0v) is 9.12. The Balaban J connectivity index is 3.44. The Morgan fingerprint density at radius 2 is 2.23 bits per heavy atom. The molecular weight excluding hydrogens is 279 g/mol. The van der Waals surface area contributed by atoms with E-state index >= 15 is 0 Å². The van der Waals surface area contributed by atoms with Crippen LogP contribution in [0, 0.1) is 21.8 Å². The Morgan fingerprint density at radius 1 is 1.62 bits per heavy atom. The van der Waals surface area contributed by atoms with Crippen LogP contribution < -0.4 is 5.73 Å². The molecule has 1 aromatic rings. The number of nitrogens with two attached hydrogens (primary N) is 1. The van der Waals surface area contributed by atoms with Gasteiger partial charge in [-0.25, -0.2) is 0 Å². The molecule has 0 spiro atoms. The number of halogens is 1. The molecule has 13 heavy (non-hydrogen) atoms. The van der Waals surface area contributed by atoms with E-state index < -0.39 is 5.91 Å². The number of rotatable bonds is 1. The predicted molar refractivity (Wildman–Crippen MR) is 57.1 cm³/mol. The zero-order chi connectivity index (χ0) is 10.0. The standard InChI is InChI=1S/C9H7IN2O/c1-5-2-6(4-11)3-7(8(5)10)9(12)13/h2-3H,1H3,(H2,12,13). The van der Waals surface area contributed by atoms with Crippen LogP contribution in [0.2, 0.25) is 0 Å². The molecule has 3 nitrogen and oxygen atoms in total. The summed E-state index contributed by atoms with van der Waals surface area (Å²) >= 11 is 2.04. The van der Waals surface area contributed by atoms with Gasteiger partial charge in [0.25, 0.3) is 0 Å². The molecule has 2 N–H and O–H groups in total. The Labute approximate surface area is 89.7 Å². The molecule has 0 unspecified atom stereocenters. The summed E-state index contributed by atoms with van der Waals surface area (Å²) in [5.74, 6) is -0.496. The van der Waals surface area contributed by atoms with E-state index in [-0.39, 0.29) is 0 Å². The molecule has 0 atom stereocenters. The van der Waals surface area contributed by atoms with Crippen LogP contribution in [0.4, 0.5) is 0 Å². The summed E-state index contributed by atoms with van der Waals surface area (Å²) in [7, 11) is 0. The molecule has 0 saturated heterocycles. The zero-order valence-electron chi connectivity index (χ0n) is 6.97. The van der Waals surface area contributed by atoms with Crippen molar-refractivity contribution in [2.24, 2.45) is 5.73 Å². The lowest BCUT2D eigenvalue weighted by molar-refractivity contribution is 0.0999. The minimum atomic E-state index is -0.496. The fourth-order valence-corrected chi connectivity index (χ4v) is 1.59. The maximum Gasteiger partial charge on any atom is 0.249 e. The number of amides is 1. The number of benzene rings is 1. The fraction of sp³-hybridized carbons (Fsp3) is 0.111. The Bertz CT molecular complexity index is 407. The van der Waals surface area contributed by atoms with E-state index in [0.717, 1.165) is 9.13 Å². The molecule has 1 rings (SSSR count). The molecule has 0 aliphatic rings. The SMILES string of the molecule is Cc1cc(C#N)cc(C(N)=O)c1I. The molecular formula is C9H7IN2O. The second kappa shape index (κ2) is 3.75. The number of nitriles is 1. The van der Waals surface area contributed by atoms with Crippen LogP contribution in [-0.4, -0.2) is 5.91 Å². The van der Waals surface area contributed by atoms with E-state index in [9.17, 15) is 4.79 Å². The number of carbonyl (C=O) groups is 1. The van der Waals surface area contributed by atoms with E-state index in [2.05, 4.69) is 0 Å². The van der Waals surface area contributed by atoms with Gasteiger partial charge < -0.3 is 5.73 Å². The monoisotopic (exact) mass is 286 g/mol. The third-order valence-corrected chi connectivity index (χ3v) is 3.08. The average Bonchev–Trinajstić information content (AvgIpc) is 2.09. The highest BCUT2D eigenvalue weighted by molar-refractivity contribution is 14.1. The van der Waals surface area contributed by atoms with Crippen molar-refractivity contribution in [3.63, 3.8) is 0 Å². The molecule has 0 bridgehead atoms. The second-order valence-electron chi connectivity index (χ2n) is 2.63. The van der Waals surface area contributed by atoms with E-state index in [1.54, 1.807) is 6.07 Å². The highest BCUT2D eigenvalue weighted by Gasteiger charge is 2.09. The first-order valence-corrected chi connectivity index (χ1v) is 4.64. The van der Waals surface area contributed by atoms with Crippen molar-refractivity contribution >= 4 is 28.5 Å². The molecule has 1 aromatic carbocycles. The van der Waals surface area contributed by atoms with Gasteiger partial charge >= 0.3 is 0 Å². The summed E-state index contributed by atoms with van der Waals surface area (Å²) in [6.07, 6.45) is 0. The van der Waals surface area contributed by atoms with Gasteiger partial charge in [0.05, 0.1) is 17.2 Å². The van der Waals surface area contributed by atoms with Crippen molar-refractivity contribution in [1.82, 2.24) is 0 Å². The minimum absolute atomic E-state index is 0.414. The molecule has 66 valence electrons. The summed E-state index contributed by atoms with van der Waals surface area (Å²) in [6.45, 7) is 1.84. The second-order valence-corrected chi connectivity index (χ2v) is 3.71. The van der Waals surface area contributed by atoms with Gasteiger partial charge in [-0.05, 0) is 47.2 Å². The molecule has 0 aromatic heterocycles. The van der Waals surface area contributed by atoms with E-state index in [1.165, 1.54) is 6.07 Å². The third-order valence-electron chi connectivity index (χ3n) is 1.65. The molecule has 4 heteroatoms. The smallest absolute Gasteiger partial charge is 0.249 e. The normalized spacial score (nSPS) is 9.31. The molecule has 0 aliphatic carbocycles. The van der Waals surface area contributed by atoms with Gasteiger partial charge in [-0.3, -0.25) is 4.79 Å². The summed E-state index contributed by atoms with van der Waals surface area (Å²) in [6, 6.07) is 5.22. The van der Waals surface area contributed by atoms with Crippen LogP contribution in [-0.2, 0) is 0 Å². The highest BCUT2D eigenvalue weighted by atomic mass is 127. The first-order valence-electron chi connectivity index (χ1n) is 3.56. The lowest BCUT2D eigenvalue weighted by Gasteiger charge is -2.03. The number of aryl methyl sites for hydroxylation is 1. The van der Waals surface area contributed by atoms with Gasteiger partial charge in [0.2, 0.25) is 5.91 Å². The molecule has 0 radical (unpaired) electrons. The Morgan fingerprint density at radius 3 is 2.69 bits per heavy atom. The predicted octanol–water partition coefficient (Wildman–Crippen LogP) is 1.57. The van der Waals surface area contributed by atoms with Crippen LogP contribution in [0.5, 0.6) is 0 Å². The van der Waals surface area contributed by atoms with Crippen molar-refractivity contribution in [2.75, 3.05) is 0 Å². The van der Waals surface area contributed by atoms with Crippen LogP contribution in [0.1, 0.15) is 21.5 Å². The Hall–Kier alpha value is -1.09. The van der Waals surface area contributed by atoms with Gasteiger partial charge in [0.1, 0.15) is 0 Å². The van der Waals surface area contributed by atoms with E-state index in [4.69, 9.17) is 11.0 Å². The average molecular weight is 286 g/mol. The van der Waals surface area contributed by atoms with Gasteiger partial charge in [-0.1, -0.05) is 0 Å². The Kier molecular flexibility index (Phi) is 2.88. The summed E-state index contributed by atoms with van der Waals surface area (Å²) < 4.78 is 0.809. The van der Waals surface area contributed by atoms with Gasteiger partial charge in [0, 0.05) is 3.57 Å². The summed E-state index contributed by atoms with van der Waals surface area (Å²) in [5.41, 5.74) is 6.93. The molecule has 0 heterocycles. The molecule has 1 amide bonds. The topological polar surface area (TPSA) is 66.9 Å². The van der Waals surface area contributed by atoms with Gasteiger partial charge in [0.15, 0.2) is 0 Å². The maximum atomic E-state index is 11.0. The van der Waals surface area contributed by atoms with Crippen LogP contribution in [0.15, 0.2) is 12.1 Å².